The lowest BCUT2D eigenvalue weighted by molar-refractivity contribution is -0.140. The minimum Gasteiger partial charge on any atom is -0.494 e. The van der Waals surface area contributed by atoms with Gasteiger partial charge >= 0.3 is 5.97 Å². The number of carbonyl (C=O) groups is 1. The topological polar surface area (TPSA) is 47.6 Å². The van der Waals surface area contributed by atoms with Crippen LogP contribution in [0.4, 0.5) is 0 Å². The average Bonchev–Trinajstić information content (AvgIpc) is 2.39. The van der Waals surface area contributed by atoms with E-state index in [0.717, 1.165) is 11.3 Å². The zero-order valence-electron chi connectivity index (χ0n) is 11.2. The zero-order chi connectivity index (χ0) is 13.4. The molecule has 100 valence electrons. The second-order valence-corrected chi connectivity index (χ2v) is 3.97. The van der Waals surface area contributed by atoms with E-state index >= 15 is 0 Å². The van der Waals surface area contributed by atoms with E-state index in [1.54, 1.807) is 0 Å². The fraction of sp³-hybridized carbons (Fsp3) is 0.500. The normalized spacial score (nSPS) is 11.9. The second-order valence-electron chi connectivity index (χ2n) is 3.97. The van der Waals surface area contributed by atoms with E-state index in [4.69, 9.17) is 4.74 Å². The third-order valence-electron chi connectivity index (χ3n) is 2.69. The number of para-hydroxylation sites is 1. The Kier molecular flexibility index (Phi) is 6.22. The summed E-state index contributed by atoms with van der Waals surface area (Å²) >= 11 is 0. The molecule has 0 aliphatic carbocycles. The van der Waals surface area contributed by atoms with Crippen LogP contribution in [0.2, 0.25) is 0 Å². The van der Waals surface area contributed by atoms with Crippen LogP contribution in [0.1, 0.15) is 31.9 Å². The maximum Gasteiger partial charge on any atom is 0.306 e. The number of esters is 1. The zero-order valence-corrected chi connectivity index (χ0v) is 11.2. The van der Waals surface area contributed by atoms with Crippen LogP contribution in [0.25, 0.3) is 0 Å². The summed E-state index contributed by atoms with van der Waals surface area (Å²) in [6, 6.07) is 8.06. The SMILES string of the molecule is CCOc1ccccc1C(C)NCCC(=O)OC. The van der Waals surface area contributed by atoms with Gasteiger partial charge in [-0.2, -0.15) is 0 Å². The van der Waals surface area contributed by atoms with E-state index in [1.165, 1.54) is 7.11 Å². The number of ether oxygens (including phenoxy) is 2. The molecule has 0 spiro atoms. The Morgan fingerprint density at radius 2 is 2.11 bits per heavy atom. The highest BCUT2D eigenvalue weighted by Crippen LogP contribution is 2.24. The van der Waals surface area contributed by atoms with Gasteiger partial charge in [0.2, 0.25) is 0 Å². The Morgan fingerprint density at radius 1 is 1.39 bits per heavy atom. The number of hydrogen-bond acceptors (Lipinski definition) is 4. The van der Waals surface area contributed by atoms with E-state index in [9.17, 15) is 4.79 Å². The molecule has 0 aromatic heterocycles. The molecule has 1 rings (SSSR count). The fourth-order valence-corrected chi connectivity index (χ4v) is 1.73. The van der Waals surface area contributed by atoms with E-state index in [0.29, 0.717) is 19.6 Å². The lowest BCUT2D eigenvalue weighted by atomic mass is 10.1. The summed E-state index contributed by atoms with van der Waals surface area (Å²) in [4.78, 5) is 11.0. The van der Waals surface area contributed by atoms with Crippen LogP contribution in [-0.4, -0.2) is 26.2 Å². The van der Waals surface area contributed by atoms with Crippen molar-refractivity contribution in [2.24, 2.45) is 0 Å². The van der Waals surface area contributed by atoms with E-state index in [1.807, 2.05) is 31.2 Å². The molecule has 0 fully saturated rings. The van der Waals surface area contributed by atoms with Gasteiger partial charge in [0.25, 0.3) is 0 Å². The molecule has 1 aromatic carbocycles. The predicted molar refractivity (Wildman–Crippen MR) is 70.7 cm³/mol. The first-order valence-electron chi connectivity index (χ1n) is 6.21. The van der Waals surface area contributed by atoms with Gasteiger partial charge in [-0.1, -0.05) is 18.2 Å². The molecule has 0 bridgehead atoms. The van der Waals surface area contributed by atoms with Crippen LogP contribution in [0.3, 0.4) is 0 Å². The smallest absolute Gasteiger partial charge is 0.306 e. The van der Waals surface area contributed by atoms with E-state index in [-0.39, 0.29) is 12.0 Å². The molecule has 4 heteroatoms. The highest BCUT2D eigenvalue weighted by Gasteiger charge is 2.11. The van der Waals surface area contributed by atoms with Crippen LogP contribution in [0.15, 0.2) is 24.3 Å². The van der Waals surface area contributed by atoms with Gasteiger partial charge in [0.15, 0.2) is 0 Å². The van der Waals surface area contributed by atoms with Gasteiger partial charge in [-0.25, -0.2) is 0 Å². The standard InChI is InChI=1S/C14H21NO3/c1-4-18-13-8-6-5-7-12(13)11(2)15-10-9-14(16)17-3/h5-8,11,15H,4,9-10H2,1-3H3. The van der Waals surface area contributed by atoms with Gasteiger partial charge in [-0.15, -0.1) is 0 Å². The first-order chi connectivity index (χ1) is 8.69. The molecule has 0 radical (unpaired) electrons. The van der Waals surface area contributed by atoms with Crippen molar-refractivity contribution in [3.8, 4) is 5.75 Å². The van der Waals surface area contributed by atoms with E-state index < -0.39 is 0 Å². The van der Waals surface area contributed by atoms with Crippen molar-refractivity contribution in [2.75, 3.05) is 20.3 Å². The molecule has 0 heterocycles. The van der Waals surface area contributed by atoms with Crippen molar-refractivity contribution < 1.29 is 14.3 Å². The number of methoxy groups -OCH3 is 1. The molecule has 0 saturated heterocycles. The summed E-state index contributed by atoms with van der Waals surface area (Å²) in [5, 5.41) is 3.28. The highest BCUT2D eigenvalue weighted by molar-refractivity contribution is 5.69. The monoisotopic (exact) mass is 251 g/mol. The van der Waals surface area contributed by atoms with Gasteiger partial charge in [0, 0.05) is 18.2 Å². The molecule has 1 unspecified atom stereocenters. The Hall–Kier alpha value is -1.55. The molecule has 0 aliphatic heterocycles. The minimum absolute atomic E-state index is 0.136. The van der Waals surface area contributed by atoms with Crippen molar-refractivity contribution in [3.63, 3.8) is 0 Å². The van der Waals surface area contributed by atoms with Gasteiger partial charge in [-0.05, 0) is 19.9 Å². The lowest BCUT2D eigenvalue weighted by Crippen LogP contribution is -2.22. The van der Waals surface area contributed by atoms with Crippen molar-refractivity contribution in [2.45, 2.75) is 26.3 Å². The second kappa shape index (κ2) is 7.71. The fourth-order valence-electron chi connectivity index (χ4n) is 1.73. The Morgan fingerprint density at radius 3 is 2.78 bits per heavy atom. The average molecular weight is 251 g/mol. The largest absolute Gasteiger partial charge is 0.494 e. The summed E-state index contributed by atoms with van der Waals surface area (Å²) in [6.45, 7) is 5.25. The van der Waals surface area contributed by atoms with Crippen molar-refractivity contribution >= 4 is 5.97 Å². The van der Waals surface area contributed by atoms with Crippen molar-refractivity contribution in [1.29, 1.82) is 0 Å². The van der Waals surface area contributed by atoms with Crippen LogP contribution in [-0.2, 0) is 9.53 Å². The Bertz CT molecular complexity index is 379. The molecular weight excluding hydrogens is 230 g/mol. The summed E-state index contributed by atoms with van der Waals surface area (Å²) in [5.74, 6) is 0.686. The number of carbonyl (C=O) groups excluding carboxylic acids is 1. The minimum atomic E-state index is -0.201. The van der Waals surface area contributed by atoms with Crippen LogP contribution < -0.4 is 10.1 Å². The van der Waals surface area contributed by atoms with Gasteiger partial charge in [0.05, 0.1) is 20.1 Å². The first kappa shape index (κ1) is 14.5. The molecule has 0 saturated carbocycles. The molecular formula is C14H21NO3. The summed E-state index contributed by atoms with van der Waals surface area (Å²) in [6.07, 6.45) is 0.373. The first-order valence-corrected chi connectivity index (χ1v) is 6.21. The number of nitrogens with one attached hydrogen (secondary N) is 1. The number of hydrogen-bond donors (Lipinski definition) is 1. The quantitative estimate of drug-likeness (QED) is 0.755. The molecule has 0 aliphatic rings. The number of rotatable bonds is 7. The van der Waals surface area contributed by atoms with Crippen LogP contribution >= 0.6 is 0 Å². The van der Waals surface area contributed by atoms with Crippen molar-refractivity contribution in [3.05, 3.63) is 29.8 Å². The third-order valence-corrected chi connectivity index (χ3v) is 2.69. The predicted octanol–water partition coefficient (Wildman–Crippen LogP) is 2.30. The highest BCUT2D eigenvalue weighted by atomic mass is 16.5. The Balaban J connectivity index is 2.55. The van der Waals surface area contributed by atoms with Gasteiger partial charge < -0.3 is 14.8 Å². The maximum atomic E-state index is 11.0. The van der Waals surface area contributed by atoms with Crippen LogP contribution in [0.5, 0.6) is 5.75 Å². The molecule has 1 atom stereocenters. The molecule has 1 N–H and O–H groups in total. The van der Waals surface area contributed by atoms with E-state index in [2.05, 4.69) is 17.0 Å². The molecule has 1 aromatic rings. The van der Waals surface area contributed by atoms with Crippen LogP contribution in [0, 0.1) is 0 Å². The third kappa shape index (κ3) is 4.37. The summed E-state index contributed by atoms with van der Waals surface area (Å²) in [7, 11) is 1.40. The van der Waals surface area contributed by atoms with Crippen molar-refractivity contribution in [1.82, 2.24) is 5.32 Å². The maximum absolute atomic E-state index is 11.0. The molecule has 4 nitrogen and oxygen atoms in total. The Labute approximate surface area is 108 Å². The molecule has 0 amide bonds. The van der Waals surface area contributed by atoms with Gasteiger partial charge in [0.1, 0.15) is 5.75 Å². The number of benzene rings is 1. The lowest BCUT2D eigenvalue weighted by Gasteiger charge is -2.17. The van der Waals surface area contributed by atoms with Gasteiger partial charge in [-0.3, -0.25) is 4.79 Å². The molecule has 18 heavy (non-hydrogen) atoms. The summed E-state index contributed by atoms with van der Waals surface area (Å²) in [5.41, 5.74) is 1.10. The summed E-state index contributed by atoms with van der Waals surface area (Å²) < 4.78 is 10.2.